The third kappa shape index (κ3) is 9.61. The van der Waals surface area contributed by atoms with Crippen LogP contribution in [0.5, 0.6) is 0 Å². The highest BCUT2D eigenvalue weighted by Crippen LogP contribution is 2.37. The fourth-order valence-corrected chi connectivity index (χ4v) is 10.2. The number of aromatic amines is 2. The molecule has 2 aromatic carbocycles. The van der Waals surface area contributed by atoms with Gasteiger partial charge in [0, 0.05) is 31.5 Å². The predicted octanol–water partition coefficient (Wildman–Crippen LogP) is 8.39. The molecule has 2 fully saturated rings. The number of aromatic nitrogens is 4. The first-order valence-corrected chi connectivity index (χ1v) is 22.7. The van der Waals surface area contributed by atoms with E-state index in [-0.39, 0.29) is 36.7 Å². The van der Waals surface area contributed by atoms with Crippen LogP contribution in [0.3, 0.4) is 0 Å². The average Bonchev–Trinajstić information content (AvgIpc) is 4.09. The lowest BCUT2D eigenvalue weighted by Gasteiger charge is -2.25. The summed E-state index contributed by atoms with van der Waals surface area (Å²) in [4.78, 5) is 70.6. The Balaban J connectivity index is 0.918. The highest BCUT2D eigenvalue weighted by molar-refractivity contribution is 7.08. The van der Waals surface area contributed by atoms with Crippen LogP contribution in [0.2, 0.25) is 0 Å². The number of amides is 4. The van der Waals surface area contributed by atoms with Crippen molar-refractivity contribution in [1.82, 2.24) is 29.7 Å². The number of nitrogens with one attached hydrogen (secondary N) is 2. The number of hydrogen-bond donors (Lipinski definition) is 4. The van der Waals surface area contributed by atoms with E-state index in [1.54, 1.807) is 22.7 Å². The Morgan fingerprint density at radius 1 is 0.677 bits per heavy atom. The van der Waals surface area contributed by atoms with Crippen LogP contribution in [0, 0.1) is 13.8 Å². The van der Waals surface area contributed by atoms with Crippen molar-refractivity contribution in [2.45, 2.75) is 89.5 Å². The SMILES string of the molecule is Cc1c(-c2ccc(-c3cnc(C4CCCN4C(=O)C[C@H](Cc4ccsc4)OC(N)=O)[nH]3)cc2)ccc(-c2cnc(C3CCCN3C(=O)C[C@H](Cc3ccsc3)OC(N)=O)[nH]2)c1C. The molecule has 8 rings (SSSR count). The number of carbonyl (C=O) groups excluding carboxylic acids is 4. The van der Waals surface area contributed by atoms with E-state index in [1.807, 2.05) is 55.8 Å². The molecule has 6 heterocycles. The molecule has 0 bridgehead atoms. The number of benzene rings is 2. The molecular formula is C46H50N8O6S2. The molecule has 6 N–H and O–H groups in total. The van der Waals surface area contributed by atoms with Crippen molar-refractivity contribution >= 4 is 46.7 Å². The van der Waals surface area contributed by atoms with Gasteiger partial charge in [-0.25, -0.2) is 19.6 Å². The highest BCUT2D eigenvalue weighted by atomic mass is 32.1. The van der Waals surface area contributed by atoms with Gasteiger partial charge in [0.1, 0.15) is 23.9 Å². The van der Waals surface area contributed by atoms with Gasteiger partial charge >= 0.3 is 12.2 Å². The number of ether oxygens (including phenoxy) is 2. The minimum absolute atomic E-state index is 0.0452. The molecule has 4 atom stereocenters. The minimum atomic E-state index is -0.890. The molecule has 4 aromatic heterocycles. The van der Waals surface area contributed by atoms with Crippen molar-refractivity contribution in [3.8, 4) is 33.6 Å². The van der Waals surface area contributed by atoms with Crippen molar-refractivity contribution in [2.75, 3.05) is 13.1 Å². The first-order chi connectivity index (χ1) is 30.0. The molecule has 0 saturated carbocycles. The Kier molecular flexibility index (Phi) is 12.9. The Morgan fingerprint density at radius 3 is 1.65 bits per heavy atom. The van der Waals surface area contributed by atoms with E-state index in [9.17, 15) is 19.2 Å². The molecule has 2 aliphatic rings. The van der Waals surface area contributed by atoms with Crippen LogP contribution in [-0.2, 0) is 31.9 Å². The summed E-state index contributed by atoms with van der Waals surface area (Å²) in [5, 5.41) is 7.85. The normalized spacial score (nSPS) is 17.3. The van der Waals surface area contributed by atoms with Gasteiger partial charge in [0.2, 0.25) is 11.8 Å². The van der Waals surface area contributed by atoms with Crippen LogP contribution >= 0.6 is 22.7 Å². The minimum Gasteiger partial charge on any atom is -0.445 e. The first kappa shape index (κ1) is 42.4. The average molecular weight is 875 g/mol. The molecular weight excluding hydrogens is 825 g/mol. The number of nitrogens with two attached hydrogens (primary N) is 2. The molecule has 0 radical (unpaired) electrons. The standard InChI is InChI=1S/C46H50N8O6S2/c1-27-28(2)36(38-24-50-44(52-38)40-6-4-16-54(40)42(56)22-34(60-46(48)58)20-30-14-18-62-26-30)12-11-35(27)31-7-9-32(10-8-31)37-23-49-43(51-37)39-5-3-15-53(39)41(55)21-33(59-45(47)57)19-29-13-17-61-25-29/h7-14,17-18,23-26,33-34,39-40H,3-6,15-16,19-22H2,1-2H3,(H2,47,57)(H2,48,58)(H,49,51)(H,50,52)/t33-,34-,39?,40?/m0/s1. The number of thiophene rings is 2. The molecule has 62 heavy (non-hydrogen) atoms. The molecule has 2 unspecified atom stereocenters. The summed E-state index contributed by atoms with van der Waals surface area (Å²) >= 11 is 3.10. The zero-order chi connectivity index (χ0) is 43.3. The van der Waals surface area contributed by atoms with Gasteiger partial charge in [0.15, 0.2) is 0 Å². The fraction of sp³-hybridized carbons (Fsp3) is 0.348. The van der Waals surface area contributed by atoms with Crippen molar-refractivity contribution < 1.29 is 28.7 Å². The number of nitrogens with zero attached hydrogens (tertiary/aromatic N) is 4. The number of hydrogen-bond acceptors (Lipinski definition) is 10. The summed E-state index contributed by atoms with van der Waals surface area (Å²) in [5.41, 5.74) is 20.9. The second kappa shape index (κ2) is 18.8. The molecule has 6 aromatic rings. The summed E-state index contributed by atoms with van der Waals surface area (Å²) in [6.07, 6.45) is 4.77. The molecule has 14 nitrogen and oxygen atoms in total. The highest BCUT2D eigenvalue weighted by Gasteiger charge is 2.35. The molecule has 0 spiro atoms. The van der Waals surface area contributed by atoms with Crippen molar-refractivity contribution in [3.05, 3.63) is 116 Å². The summed E-state index contributed by atoms with van der Waals surface area (Å²) in [5.74, 6) is 1.26. The third-order valence-corrected chi connectivity index (χ3v) is 13.5. The number of primary amides is 2. The monoisotopic (exact) mass is 874 g/mol. The van der Waals surface area contributed by atoms with E-state index in [0.717, 1.165) is 93.2 Å². The van der Waals surface area contributed by atoms with Gasteiger partial charge in [-0.1, -0.05) is 36.4 Å². The van der Waals surface area contributed by atoms with Gasteiger partial charge in [0.25, 0.3) is 0 Å². The maximum atomic E-state index is 13.6. The van der Waals surface area contributed by atoms with E-state index < -0.39 is 24.4 Å². The lowest BCUT2D eigenvalue weighted by Crippen LogP contribution is -2.36. The largest absolute Gasteiger partial charge is 0.445 e. The predicted molar refractivity (Wildman–Crippen MR) is 238 cm³/mol. The van der Waals surface area contributed by atoms with Crippen LogP contribution in [-0.4, -0.2) is 79.0 Å². The number of H-pyrrole nitrogens is 2. The van der Waals surface area contributed by atoms with Gasteiger partial charge < -0.3 is 40.7 Å². The third-order valence-electron chi connectivity index (χ3n) is 12.0. The summed E-state index contributed by atoms with van der Waals surface area (Å²) in [6.45, 7) is 5.43. The van der Waals surface area contributed by atoms with Crippen LogP contribution in [0.25, 0.3) is 33.6 Å². The lowest BCUT2D eigenvalue weighted by molar-refractivity contribution is -0.135. The zero-order valence-corrected chi connectivity index (χ0v) is 36.3. The van der Waals surface area contributed by atoms with Crippen molar-refractivity contribution in [2.24, 2.45) is 11.5 Å². The van der Waals surface area contributed by atoms with Gasteiger partial charge in [-0.2, -0.15) is 22.7 Å². The molecule has 322 valence electrons. The maximum absolute atomic E-state index is 13.6. The van der Waals surface area contributed by atoms with Crippen LogP contribution in [0.4, 0.5) is 9.59 Å². The summed E-state index contributed by atoms with van der Waals surface area (Å²) < 4.78 is 10.7. The number of likely N-dealkylation sites (tertiary alicyclic amines) is 2. The topological polar surface area (TPSA) is 203 Å². The maximum Gasteiger partial charge on any atom is 0.404 e. The molecule has 2 aliphatic heterocycles. The Bertz CT molecular complexity index is 2520. The van der Waals surface area contributed by atoms with Crippen LogP contribution in [0.15, 0.2) is 82.4 Å². The number of carbonyl (C=O) groups is 4. The molecule has 0 aliphatic carbocycles. The van der Waals surface area contributed by atoms with Crippen LogP contribution in [0.1, 0.15) is 84.5 Å². The second-order valence-corrected chi connectivity index (χ2v) is 17.6. The Morgan fingerprint density at radius 2 is 1.15 bits per heavy atom. The zero-order valence-electron chi connectivity index (χ0n) is 34.7. The van der Waals surface area contributed by atoms with Gasteiger partial charge in [-0.05, 0) is 112 Å². The number of rotatable bonds is 15. The van der Waals surface area contributed by atoms with Gasteiger partial charge in [-0.3, -0.25) is 9.59 Å². The fourth-order valence-electron chi connectivity index (χ4n) is 8.86. The van der Waals surface area contributed by atoms with E-state index >= 15 is 0 Å². The first-order valence-electron chi connectivity index (χ1n) is 20.8. The van der Waals surface area contributed by atoms with Crippen molar-refractivity contribution in [3.63, 3.8) is 0 Å². The van der Waals surface area contributed by atoms with Crippen molar-refractivity contribution in [1.29, 1.82) is 0 Å². The van der Waals surface area contributed by atoms with E-state index in [2.05, 4.69) is 60.2 Å². The van der Waals surface area contributed by atoms with E-state index in [0.29, 0.717) is 25.9 Å². The number of imidazole rings is 2. The Hall–Kier alpha value is -6.26. The second-order valence-electron chi connectivity index (χ2n) is 16.0. The smallest absolute Gasteiger partial charge is 0.404 e. The summed E-state index contributed by atoms with van der Waals surface area (Å²) in [7, 11) is 0. The van der Waals surface area contributed by atoms with Gasteiger partial charge in [-0.15, -0.1) is 0 Å². The Labute approximate surface area is 367 Å². The molecule has 16 heteroatoms. The van der Waals surface area contributed by atoms with E-state index in [1.165, 1.54) is 0 Å². The van der Waals surface area contributed by atoms with Crippen LogP contribution < -0.4 is 11.5 Å². The molecule has 2 saturated heterocycles. The lowest BCUT2D eigenvalue weighted by atomic mass is 9.92. The van der Waals surface area contributed by atoms with Gasteiger partial charge in [0.05, 0.1) is 48.7 Å². The molecule has 4 amide bonds. The van der Waals surface area contributed by atoms with E-state index in [4.69, 9.17) is 30.9 Å². The quantitative estimate of drug-likeness (QED) is 0.0787. The summed E-state index contributed by atoms with van der Waals surface area (Å²) in [6, 6.07) is 16.1.